The van der Waals surface area contributed by atoms with E-state index in [1.807, 2.05) is 12.1 Å². The molecule has 0 saturated heterocycles. The predicted molar refractivity (Wildman–Crippen MR) is 124 cm³/mol. The van der Waals surface area contributed by atoms with E-state index in [1.165, 1.54) is 24.7 Å². The quantitative estimate of drug-likeness (QED) is 0.519. The van der Waals surface area contributed by atoms with Crippen molar-refractivity contribution in [3.8, 4) is 0 Å². The molecule has 0 radical (unpaired) electrons. The zero-order valence-corrected chi connectivity index (χ0v) is 18.8. The van der Waals surface area contributed by atoms with E-state index < -0.39 is 9.84 Å². The van der Waals surface area contributed by atoms with Crippen LogP contribution in [0.5, 0.6) is 0 Å². The minimum atomic E-state index is -3.15. The van der Waals surface area contributed by atoms with Crippen molar-refractivity contribution in [3.63, 3.8) is 0 Å². The van der Waals surface area contributed by atoms with E-state index in [9.17, 15) is 8.42 Å². The zero-order chi connectivity index (χ0) is 21.4. The number of hydrogen-bond acceptors (Lipinski definition) is 3. The first-order valence-electron chi connectivity index (χ1n) is 10.8. The summed E-state index contributed by atoms with van der Waals surface area (Å²) in [6, 6.07) is 18.4. The highest BCUT2D eigenvalue weighted by molar-refractivity contribution is 7.90. The molecule has 0 atom stereocenters. The van der Waals surface area contributed by atoms with Crippen molar-refractivity contribution in [2.75, 3.05) is 19.3 Å². The lowest BCUT2D eigenvalue weighted by Gasteiger charge is -2.30. The molecule has 30 heavy (non-hydrogen) atoms. The topological polar surface area (TPSA) is 70.6 Å². The summed E-state index contributed by atoms with van der Waals surface area (Å²) < 4.78 is 23.1. The Morgan fingerprint density at radius 3 is 2.27 bits per heavy atom. The van der Waals surface area contributed by atoms with Gasteiger partial charge in [0.25, 0.3) is 0 Å². The highest BCUT2D eigenvalue weighted by Gasteiger charge is 2.22. The summed E-state index contributed by atoms with van der Waals surface area (Å²) in [5.41, 5.74) is 2.55. The van der Waals surface area contributed by atoms with E-state index in [-0.39, 0.29) is 0 Å². The normalized spacial score (nSPS) is 20.0. The van der Waals surface area contributed by atoms with Crippen LogP contribution in [0.3, 0.4) is 0 Å². The maximum absolute atomic E-state index is 11.6. The summed E-state index contributed by atoms with van der Waals surface area (Å²) >= 11 is 0. The number of sulfone groups is 1. The second kappa shape index (κ2) is 10.6. The van der Waals surface area contributed by atoms with E-state index in [2.05, 4.69) is 47.9 Å². The fourth-order valence-electron chi connectivity index (χ4n) is 4.01. The van der Waals surface area contributed by atoms with E-state index in [1.54, 1.807) is 12.1 Å². The summed E-state index contributed by atoms with van der Waals surface area (Å²) in [5, 5.41) is 6.95. The van der Waals surface area contributed by atoms with Crippen LogP contribution in [-0.2, 0) is 16.3 Å². The Bertz CT molecular complexity index is 917. The van der Waals surface area contributed by atoms with Crippen molar-refractivity contribution in [1.82, 2.24) is 10.6 Å². The molecule has 2 aromatic rings. The van der Waals surface area contributed by atoms with Gasteiger partial charge in [0.15, 0.2) is 15.8 Å². The summed E-state index contributed by atoms with van der Waals surface area (Å²) in [6.45, 7) is 3.56. The predicted octanol–water partition coefficient (Wildman–Crippen LogP) is 3.91. The fraction of sp³-hybridized carbons (Fsp3) is 0.458. The Morgan fingerprint density at radius 1 is 1.00 bits per heavy atom. The van der Waals surface area contributed by atoms with Crippen molar-refractivity contribution in [3.05, 3.63) is 65.7 Å². The van der Waals surface area contributed by atoms with Crippen LogP contribution < -0.4 is 10.6 Å². The van der Waals surface area contributed by atoms with E-state index in [0.29, 0.717) is 23.4 Å². The van der Waals surface area contributed by atoms with Crippen molar-refractivity contribution in [1.29, 1.82) is 0 Å². The first kappa shape index (κ1) is 22.3. The third kappa shape index (κ3) is 6.59. The highest BCUT2D eigenvalue weighted by atomic mass is 32.2. The summed E-state index contributed by atoms with van der Waals surface area (Å²) in [6.07, 6.45) is 6.71. The van der Waals surface area contributed by atoms with Gasteiger partial charge < -0.3 is 10.6 Å². The summed E-state index contributed by atoms with van der Waals surface area (Å²) in [7, 11) is -3.15. The third-order valence-electron chi connectivity index (χ3n) is 5.71. The van der Waals surface area contributed by atoms with Crippen LogP contribution in [-0.4, -0.2) is 39.8 Å². The minimum Gasteiger partial charge on any atom is -0.357 e. The number of nitrogens with one attached hydrogen (secondary N) is 2. The van der Waals surface area contributed by atoms with Gasteiger partial charge in [-0.2, -0.15) is 0 Å². The molecule has 1 saturated carbocycles. The van der Waals surface area contributed by atoms with Crippen LogP contribution in [0.15, 0.2) is 64.5 Å². The van der Waals surface area contributed by atoms with Gasteiger partial charge in [-0.3, -0.25) is 4.99 Å². The molecule has 2 N–H and O–H groups in total. The molecule has 0 heterocycles. The summed E-state index contributed by atoms with van der Waals surface area (Å²) in [4.78, 5) is 5.08. The first-order chi connectivity index (χ1) is 14.5. The number of aliphatic imine (C=N–C) groups is 1. The molecule has 0 spiro atoms. The van der Waals surface area contributed by atoms with Gasteiger partial charge in [-0.05, 0) is 68.2 Å². The van der Waals surface area contributed by atoms with Crippen LogP contribution in [0.25, 0.3) is 0 Å². The van der Waals surface area contributed by atoms with Gasteiger partial charge in [-0.25, -0.2) is 8.42 Å². The minimum absolute atomic E-state index is 0.357. The number of rotatable bonds is 7. The molecule has 5 nitrogen and oxygen atoms in total. The number of benzene rings is 2. The Balaban J connectivity index is 1.50. The molecule has 2 aromatic carbocycles. The molecule has 0 aromatic heterocycles. The average molecular weight is 428 g/mol. The smallest absolute Gasteiger partial charge is 0.191 e. The van der Waals surface area contributed by atoms with Gasteiger partial charge in [0, 0.05) is 25.4 Å². The second-order valence-corrected chi connectivity index (χ2v) is 10.0. The molecule has 0 amide bonds. The van der Waals surface area contributed by atoms with E-state index >= 15 is 0 Å². The van der Waals surface area contributed by atoms with Crippen LogP contribution in [0, 0.1) is 0 Å². The standard InChI is InChI=1S/C24H33N3O2S/c1-3-25-24(26-18-17-19-9-15-23(16-10-19)30(2,28)29)27-22-13-11-21(12-14-22)20-7-5-4-6-8-20/h4-10,15-16,21-22H,3,11-14,17-18H2,1-2H3,(H2,25,26,27). The number of hydrogen-bond donors (Lipinski definition) is 2. The lowest BCUT2D eigenvalue weighted by Crippen LogP contribution is -2.44. The van der Waals surface area contributed by atoms with Crippen LogP contribution >= 0.6 is 0 Å². The first-order valence-corrected chi connectivity index (χ1v) is 12.7. The van der Waals surface area contributed by atoms with Crippen molar-refractivity contribution in [2.45, 2.75) is 55.9 Å². The van der Waals surface area contributed by atoms with Crippen molar-refractivity contribution in [2.24, 2.45) is 4.99 Å². The van der Waals surface area contributed by atoms with Gasteiger partial charge in [0.1, 0.15) is 0 Å². The molecular weight excluding hydrogens is 394 g/mol. The Morgan fingerprint density at radius 2 is 1.67 bits per heavy atom. The van der Waals surface area contributed by atoms with Crippen molar-refractivity contribution < 1.29 is 8.42 Å². The third-order valence-corrected chi connectivity index (χ3v) is 6.83. The van der Waals surface area contributed by atoms with Crippen LogP contribution in [0.1, 0.15) is 49.7 Å². The lowest BCUT2D eigenvalue weighted by atomic mass is 9.82. The van der Waals surface area contributed by atoms with Crippen LogP contribution in [0.4, 0.5) is 0 Å². The average Bonchev–Trinajstić information content (AvgIpc) is 2.75. The highest BCUT2D eigenvalue weighted by Crippen LogP contribution is 2.32. The second-order valence-electron chi connectivity index (χ2n) is 8.03. The van der Waals surface area contributed by atoms with Gasteiger partial charge in [-0.15, -0.1) is 0 Å². The maximum Gasteiger partial charge on any atom is 0.191 e. The van der Waals surface area contributed by atoms with Gasteiger partial charge in [0.05, 0.1) is 4.90 Å². The maximum atomic E-state index is 11.6. The Hall–Kier alpha value is -2.34. The van der Waals surface area contributed by atoms with Crippen LogP contribution in [0.2, 0.25) is 0 Å². The molecule has 0 unspecified atom stereocenters. The number of guanidine groups is 1. The Kier molecular flexibility index (Phi) is 7.91. The molecule has 0 bridgehead atoms. The zero-order valence-electron chi connectivity index (χ0n) is 18.0. The molecule has 0 aliphatic heterocycles. The Labute approximate surface area is 180 Å². The van der Waals surface area contributed by atoms with E-state index in [4.69, 9.17) is 4.99 Å². The monoisotopic (exact) mass is 427 g/mol. The largest absolute Gasteiger partial charge is 0.357 e. The fourth-order valence-corrected chi connectivity index (χ4v) is 4.64. The molecule has 1 aliphatic carbocycles. The van der Waals surface area contributed by atoms with Gasteiger partial charge >= 0.3 is 0 Å². The molecule has 6 heteroatoms. The van der Waals surface area contributed by atoms with Gasteiger partial charge in [0.2, 0.25) is 0 Å². The lowest BCUT2D eigenvalue weighted by molar-refractivity contribution is 0.371. The molecular formula is C24H33N3O2S. The summed E-state index contributed by atoms with van der Waals surface area (Å²) in [5.74, 6) is 1.53. The molecule has 162 valence electrons. The number of nitrogens with zero attached hydrogens (tertiary/aromatic N) is 1. The van der Waals surface area contributed by atoms with Gasteiger partial charge in [-0.1, -0.05) is 42.5 Å². The van der Waals surface area contributed by atoms with E-state index in [0.717, 1.165) is 37.3 Å². The SMILES string of the molecule is CCNC(=NCCc1ccc(S(C)(=O)=O)cc1)NC1CCC(c2ccccc2)CC1. The molecule has 1 fully saturated rings. The molecule has 1 aliphatic rings. The molecule has 3 rings (SSSR count). The van der Waals surface area contributed by atoms with Crippen molar-refractivity contribution >= 4 is 15.8 Å².